The molecule has 2 heterocycles. The van der Waals surface area contributed by atoms with Crippen LogP contribution in [-0.4, -0.2) is 39.9 Å². The van der Waals surface area contributed by atoms with E-state index in [0.717, 1.165) is 35.8 Å². The van der Waals surface area contributed by atoms with Crippen LogP contribution < -0.4 is 10.1 Å². The van der Waals surface area contributed by atoms with Crippen molar-refractivity contribution in [3.05, 3.63) is 30.6 Å². The number of ether oxygens (including phenoxy) is 1. The lowest BCUT2D eigenvalue weighted by molar-refractivity contribution is 0.279. The first-order chi connectivity index (χ1) is 11.4. The lowest BCUT2D eigenvalue weighted by atomic mass is 9.91. The van der Waals surface area contributed by atoms with Crippen LogP contribution >= 0.6 is 0 Å². The van der Waals surface area contributed by atoms with Gasteiger partial charge in [0.25, 0.3) is 0 Å². The first-order valence-electron chi connectivity index (χ1n) is 8.57. The van der Waals surface area contributed by atoms with Crippen molar-refractivity contribution in [2.75, 3.05) is 19.7 Å². The molecule has 2 fully saturated rings. The highest BCUT2D eigenvalue weighted by molar-refractivity contribution is 5.36. The maximum Gasteiger partial charge on any atom is 0.143 e. The molecule has 0 radical (unpaired) electrons. The zero-order chi connectivity index (χ0) is 15.5. The number of hydrogen-bond acceptors (Lipinski definition) is 5. The summed E-state index contributed by atoms with van der Waals surface area (Å²) in [6.07, 6.45) is 6.90. The van der Waals surface area contributed by atoms with Gasteiger partial charge in [-0.05, 0) is 91.2 Å². The van der Waals surface area contributed by atoms with Crippen LogP contribution in [0.15, 0.2) is 30.6 Å². The van der Waals surface area contributed by atoms with Gasteiger partial charge in [0.2, 0.25) is 0 Å². The monoisotopic (exact) mass is 313 g/mol. The molecule has 122 valence electrons. The van der Waals surface area contributed by atoms with Crippen LogP contribution in [0.25, 0.3) is 5.69 Å². The molecule has 1 aliphatic heterocycles. The fraction of sp³-hybridized carbons (Fsp3) is 0.588. The van der Waals surface area contributed by atoms with E-state index >= 15 is 0 Å². The van der Waals surface area contributed by atoms with Gasteiger partial charge in [-0.25, -0.2) is 4.68 Å². The van der Waals surface area contributed by atoms with Gasteiger partial charge < -0.3 is 10.1 Å². The molecule has 1 aromatic heterocycles. The summed E-state index contributed by atoms with van der Waals surface area (Å²) in [4.78, 5) is 0. The highest BCUT2D eigenvalue weighted by Gasteiger charge is 2.42. The van der Waals surface area contributed by atoms with Crippen LogP contribution in [-0.2, 0) is 0 Å². The Morgan fingerprint density at radius 2 is 2.00 bits per heavy atom. The molecule has 6 heteroatoms. The first-order valence-corrected chi connectivity index (χ1v) is 8.57. The molecule has 1 N–H and O–H groups in total. The normalized spacial score (nSPS) is 24.5. The van der Waals surface area contributed by atoms with Gasteiger partial charge >= 0.3 is 0 Å². The fourth-order valence-corrected chi connectivity index (χ4v) is 3.76. The Hall–Kier alpha value is -1.95. The molecule has 0 spiro atoms. The van der Waals surface area contributed by atoms with E-state index in [2.05, 4.69) is 20.8 Å². The lowest BCUT2D eigenvalue weighted by Crippen LogP contribution is -2.29. The van der Waals surface area contributed by atoms with Gasteiger partial charge in [0, 0.05) is 0 Å². The Labute approximate surface area is 136 Å². The van der Waals surface area contributed by atoms with Crippen molar-refractivity contribution in [3.8, 4) is 11.4 Å². The molecule has 4 rings (SSSR count). The Morgan fingerprint density at radius 1 is 1.17 bits per heavy atom. The molecular weight excluding hydrogens is 290 g/mol. The van der Waals surface area contributed by atoms with Crippen molar-refractivity contribution in [1.82, 2.24) is 25.5 Å². The average Bonchev–Trinajstić information content (AvgIpc) is 3.17. The van der Waals surface area contributed by atoms with Crippen LogP contribution in [0.2, 0.25) is 0 Å². The molecule has 6 nitrogen and oxygen atoms in total. The minimum absolute atomic E-state index is 0.816. The summed E-state index contributed by atoms with van der Waals surface area (Å²) in [6, 6.07) is 7.91. The topological polar surface area (TPSA) is 64.9 Å². The standard InChI is InChI=1S/C17H23N5O/c1-3-16(4-2-15(1)22-12-19-20-21-22)23-10-7-14-11-17(14)13-5-8-18-9-6-13/h1-4,12-14,17-18H,5-11H2. The predicted octanol–water partition coefficient (Wildman–Crippen LogP) is 2.07. The second kappa shape index (κ2) is 6.66. The highest BCUT2D eigenvalue weighted by Crippen LogP contribution is 2.49. The van der Waals surface area contributed by atoms with E-state index in [1.807, 2.05) is 24.3 Å². The smallest absolute Gasteiger partial charge is 0.143 e. The molecule has 23 heavy (non-hydrogen) atoms. The van der Waals surface area contributed by atoms with Crippen molar-refractivity contribution >= 4 is 0 Å². The van der Waals surface area contributed by atoms with E-state index in [-0.39, 0.29) is 0 Å². The third-order valence-electron chi connectivity index (χ3n) is 5.17. The number of hydrogen-bond donors (Lipinski definition) is 1. The largest absolute Gasteiger partial charge is 0.494 e. The summed E-state index contributed by atoms with van der Waals surface area (Å²) >= 11 is 0. The SMILES string of the molecule is c1cc(-n2cnnn2)ccc1OCCC1CC1C1CCNCC1. The van der Waals surface area contributed by atoms with Crippen molar-refractivity contribution in [3.63, 3.8) is 0 Å². The molecule has 2 unspecified atom stereocenters. The van der Waals surface area contributed by atoms with Crippen molar-refractivity contribution in [2.45, 2.75) is 25.7 Å². The van der Waals surface area contributed by atoms with E-state index in [1.54, 1.807) is 11.0 Å². The van der Waals surface area contributed by atoms with Gasteiger partial charge in [-0.15, -0.1) is 5.10 Å². The molecular formula is C17H23N5O. The van der Waals surface area contributed by atoms with Gasteiger partial charge in [0.05, 0.1) is 12.3 Å². The Bertz CT molecular complexity index is 606. The summed E-state index contributed by atoms with van der Waals surface area (Å²) in [5, 5.41) is 14.6. The first kappa shape index (κ1) is 14.6. The van der Waals surface area contributed by atoms with Crippen LogP contribution in [0.4, 0.5) is 0 Å². The van der Waals surface area contributed by atoms with E-state index < -0.39 is 0 Å². The molecule has 1 aliphatic carbocycles. The summed E-state index contributed by atoms with van der Waals surface area (Å²) in [5.41, 5.74) is 0.940. The van der Waals surface area contributed by atoms with Crippen LogP contribution in [0.5, 0.6) is 5.75 Å². The number of aromatic nitrogens is 4. The van der Waals surface area contributed by atoms with E-state index in [4.69, 9.17) is 4.74 Å². The summed E-state index contributed by atoms with van der Waals surface area (Å²) in [5.74, 6) is 3.72. The quantitative estimate of drug-likeness (QED) is 0.884. The van der Waals surface area contributed by atoms with Crippen LogP contribution in [0, 0.1) is 17.8 Å². The van der Waals surface area contributed by atoms with Crippen molar-refractivity contribution < 1.29 is 4.74 Å². The second-order valence-corrected chi connectivity index (χ2v) is 6.63. The van der Waals surface area contributed by atoms with E-state index in [0.29, 0.717) is 0 Å². The number of tetrazole rings is 1. The molecule has 1 aromatic carbocycles. The Balaban J connectivity index is 1.21. The van der Waals surface area contributed by atoms with Gasteiger partial charge in [-0.1, -0.05) is 0 Å². The highest BCUT2D eigenvalue weighted by atomic mass is 16.5. The zero-order valence-electron chi connectivity index (χ0n) is 13.3. The van der Waals surface area contributed by atoms with Crippen molar-refractivity contribution in [1.29, 1.82) is 0 Å². The van der Waals surface area contributed by atoms with Gasteiger partial charge in [-0.2, -0.15) is 0 Å². The van der Waals surface area contributed by atoms with Crippen molar-refractivity contribution in [2.24, 2.45) is 17.8 Å². The van der Waals surface area contributed by atoms with Crippen LogP contribution in [0.1, 0.15) is 25.7 Å². The van der Waals surface area contributed by atoms with E-state index in [1.165, 1.54) is 38.8 Å². The third kappa shape index (κ3) is 3.52. The number of piperidine rings is 1. The predicted molar refractivity (Wildman–Crippen MR) is 86.5 cm³/mol. The molecule has 1 saturated carbocycles. The van der Waals surface area contributed by atoms with E-state index in [9.17, 15) is 0 Å². The molecule has 1 saturated heterocycles. The maximum absolute atomic E-state index is 5.89. The van der Waals surface area contributed by atoms with Gasteiger partial charge in [0.1, 0.15) is 12.1 Å². The zero-order valence-corrected chi connectivity index (χ0v) is 13.3. The number of benzene rings is 1. The molecule has 2 aliphatic rings. The van der Waals surface area contributed by atoms with Crippen LogP contribution in [0.3, 0.4) is 0 Å². The molecule has 0 amide bonds. The minimum atomic E-state index is 0.816. The van der Waals surface area contributed by atoms with Gasteiger partial charge in [-0.3, -0.25) is 0 Å². The van der Waals surface area contributed by atoms with Gasteiger partial charge in [0.15, 0.2) is 0 Å². The molecule has 0 bridgehead atoms. The average molecular weight is 313 g/mol. The summed E-state index contributed by atoms with van der Waals surface area (Å²) < 4.78 is 7.53. The number of nitrogens with zero attached hydrogens (tertiary/aromatic N) is 4. The lowest BCUT2D eigenvalue weighted by Gasteiger charge is -2.22. The summed E-state index contributed by atoms with van der Waals surface area (Å²) in [7, 11) is 0. The number of rotatable bonds is 6. The second-order valence-electron chi connectivity index (χ2n) is 6.63. The summed E-state index contributed by atoms with van der Waals surface area (Å²) in [6.45, 7) is 3.23. The molecule has 2 atom stereocenters. The molecule has 2 aromatic rings. The Kier molecular flexibility index (Phi) is 4.24. The Morgan fingerprint density at radius 3 is 2.74 bits per heavy atom. The third-order valence-corrected chi connectivity index (χ3v) is 5.17. The maximum atomic E-state index is 5.89. The number of nitrogens with one attached hydrogen (secondary N) is 1. The fourth-order valence-electron chi connectivity index (χ4n) is 3.76. The minimum Gasteiger partial charge on any atom is -0.494 e.